The van der Waals surface area contributed by atoms with Crippen molar-refractivity contribution >= 4 is 22.6 Å². The Hall–Kier alpha value is -4.35. The Bertz CT molecular complexity index is 1610. The molecule has 0 saturated carbocycles. The van der Waals surface area contributed by atoms with Crippen LogP contribution in [0.15, 0.2) is 55.1 Å². The van der Waals surface area contributed by atoms with Crippen molar-refractivity contribution in [2.24, 2.45) is 0 Å². The first-order chi connectivity index (χ1) is 17.2. The van der Waals surface area contributed by atoms with Gasteiger partial charge in [0.1, 0.15) is 11.7 Å². The molecule has 1 aliphatic rings. The van der Waals surface area contributed by atoms with E-state index in [1.165, 1.54) is 18.6 Å². The Morgan fingerprint density at radius 3 is 2.81 bits per heavy atom. The molecule has 1 amide bonds. The van der Waals surface area contributed by atoms with E-state index < -0.39 is 17.9 Å². The number of anilines is 1. The Morgan fingerprint density at radius 1 is 1.19 bits per heavy atom. The van der Waals surface area contributed by atoms with Crippen LogP contribution >= 0.6 is 0 Å². The molecule has 0 aliphatic carbocycles. The van der Waals surface area contributed by atoms with Crippen LogP contribution < -0.4 is 4.90 Å². The van der Waals surface area contributed by atoms with Crippen LogP contribution in [-0.2, 0) is 12.6 Å². The lowest BCUT2D eigenvalue weighted by molar-refractivity contribution is -0.142. The molecule has 5 aromatic heterocycles. The summed E-state index contributed by atoms with van der Waals surface area (Å²) in [6, 6.07) is 8.42. The van der Waals surface area contributed by atoms with Gasteiger partial charge in [-0.1, -0.05) is 6.07 Å². The maximum atomic E-state index is 13.9. The number of hydrogen-bond acceptors (Lipinski definition) is 5. The van der Waals surface area contributed by atoms with Crippen LogP contribution in [0.3, 0.4) is 0 Å². The summed E-state index contributed by atoms with van der Waals surface area (Å²) in [5.41, 5.74) is 3.04. The molecule has 12 heteroatoms. The van der Waals surface area contributed by atoms with Crippen molar-refractivity contribution in [2.45, 2.75) is 18.6 Å². The highest BCUT2D eigenvalue weighted by Gasteiger charge is 2.39. The number of imidazole rings is 1. The van der Waals surface area contributed by atoms with E-state index in [2.05, 4.69) is 20.2 Å². The Morgan fingerprint density at radius 2 is 2.03 bits per heavy atom. The summed E-state index contributed by atoms with van der Waals surface area (Å²) in [4.78, 5) is 24.9. The number of alkyl halides is 3. The molecule has 36 heavy (non-hydrogen) atoms. The maximum Gasteiger partial charge on any atom is 0.433 e. The molecule has 184 valence electrons. The third kappa shape index (κ3) is 3.40. The number of nitrogens with one attached hydrogen (secondary N) is 1. The predicted octanol–water partition coefficient (Wildman–Crippen LogP) is 3.58. The van der Waals surface area contributed by atoms with Crippen molar-refractivity contribution in [1.29, 1.82) is 0 Å². The molecule has 5 aromatic rings. The number of hydrogen-bond donors (Lipinski definition) is 1. The first-order valence-electron chi connectivity index (χ1n) is 11.3. The fourth-order valence-electron chi connectivity index (χ4n) is 4.74. The van der Waals surface area contributed by atoms with Crippen LogP contribution in [0.2, 0.25) is 0 Å². The second-order valence-corrected chi connectivity index (χ2v) is 8.90. The number of aromatic nitrogens is 6. The molecular weight excluding hydrogens is 473 g/mol. The maximum absolute atomic E-state index is 13.9. The Kier molecular flexibility index (Phi) is 4.82. The number of aromatic amines is 1. The van der Waals surface area contributed by atoms with Crippen LogP contribution in [0, 0.1) is 0 Å². The van der Waals surface area contributed by atoms with Crippen LogP contribution in [0.5, 0.6) is 0 Å². The zero-order chi connectivity index (χ0) is 25.2. The summed E-state index contributed by atoms with van der Waals surface area (Å²) in [5.74, 6) is -0.297. The number of H-pyrrole nitrogens is 1. The molecular formula is C24H21F3N8O. The summed E-state index contributed by atoms with van der Waals surface area (Å²) in [6.07, 6.45) is 0.820. The summed E-state index contributed by atoms with van der Waals surface area (Å²) in [6.45, 7) is 0.339. The highest BCUT2D eigenvalue weighted by atomic mass is 19.4. The van der Waals surface area contributed by atoms with E-state index in [9.17, 15) is 18.0 Å². The zero-order valence-electron chi connectivity index (χ0n) is 19.4. The minimum absolute atomic E-state index is 0.280. The molecule has 0 radical (unpaired) electrons. The number of carbonyl (C=O) groups excluding carboxylic acids is 1. The lowest BCUT2D eigenvalue weighted by atomic mass is 9.98. The number of fused-ring (bicyclic) bond motifs is 3. The summed E-state index contributed by atoms with van der Waals surface area (Å²) in [7, 11) is 3.82. The van der Waals surface area contributed by atoms with Gasteiger partial charge in [-0.15, -0.1) is 0 Å². The van der Waals surface area contributed by atoms with Gasteiger partial charge in [-0.05, 0) is 30.3 Å². The minimum Gasteiger partial charge on any atom is -0.376 e. The van der Waals surface area contributed by atoms with Gasteiger partial charge in [0.05, 0.1) is 52.4 Å². The second kappa shape index (κ2) is 7.83. The highest BCUT2D eigenvalue weighted by molar-refractivity contribution is 6.01. The van der Waals surface area contributed by atoms with E-state index in [4.69, 9.17) is 0 Å². The molecule has 1 atom stereocenters. The molecule has 1 aliphatic heterocycles. The van der Waals surface area contributed by atoms with Gasteiger partial charge in [0.15, 0.2) is 0 Å². The highest BCUT2D eigenvalue weighted by Crippen LogP contribution is 2.36. The van der Waals surface area contributed by atoms with Crippen LogP contribution in [0.1, 0.15) is 39.2 Å². The normalized spacial score (nSPS) is 16.0. The molecule has 6 heterocycles. The van der Waals surface area contributed by atoms with E-state index in [-0.39, 0.29) is 11.4 Å². The van der Waals surface area contributed by atoms with Crippen molar-refractivity contribution in [2.75, 3.05) is 25.5 Å². The van der Waals surface area contributed by atoms with Gasteiger partial charge < -0.3 is 14.8 Å². The zero-order valence-corrected chi connectivity index (χ0v) is 19.4. The molecule has 1 N–H and O–H groups in total. The molecule has 0 fully saturated rings. The first-order valence-corrected chi connectivity index (χ1v) is 11.3. The molecule has 0 saturated heterocycles. The minimum atomic E-state index is -4.58. The van der Waals surface area contributed by atoms with E-state index in [1.54, 1.807) is 21.5 Å². The fourth-order valence-corrected chi connectivity index (χ4v) is 4.74. The monoisotopic (exact) mass is 494 g/mol. The van der Waals surface area contributed by atoms with E-state index in [1.807, 2.05) is 37.3 Å². The number of amides is 1. The van der Waals surface area contributed by atoms with Gasteiger partial charge in [0, 0.05) is 32.8 Å². The van der Waals surface area contributed by atoms with Crippen molar-refractivity contribution in [3.8, 4) is 0 Å². The summed E-state index contributed by atoms with van der Waals surface area (Å²) in [5, 5.41) is 8.67. The van der Waals surface area contributed by atoms with Crippen LogP contribution in [0.25, 0.3) is 11.0 Å². The number of rotatable bonds is 3. The second-order valence-electron chi connectivity index (χ2n) is 8.90. The van der Waals surface area contributed by atoms with Gasteiger partial charge in [-0.3, -0.25) is 4.79 Å². The molecule has 0 spiro atoms. The molecule has 6 rings (SSSR count). The number of nitrogens with zero attached hydrogens (tertiary/aromatic N) is 7. The molecule has 9 nitrogen and oxygen atoms in total. The third-order valence-electron chi connectivity index (χ3n) is 6.51. The van der Waals surface area contributed by atoms with E-state index in [0.29, 0.717) is 35.4 Å². The Balaban J connectivity index is 1.46. The first kappa shape index (κ1) is 22.1. The average molecular weight is 494 g/mol. The van der Waals surface area contributed by atoms with Gasteiger partial charge in [-0.25, -0.2) is 14.0 Å². The van der Waals surface area contributed by atoms with Crippen LogP contribution in [-0.4, -0.2) is 60.6 Å². The summed E-state index contributed by atoms with van der Waals surface area (Å²) < 4.78 is 43.4. The standard InChI is InChI=1S/C24H21F3N8O/c1-32(2)15-6-7-19-16(11-30-34(19)12-15)23(36)33-9-8-17-21(29-13-28-17)22(33)18-10-14-4-3-5-20(24(25,26)27)35(14)31-18/h3-7,10-13,22H,8-9H2,1-2H3,(H,28,29)/t22-/m0/s1. The van der Waals surface area contributed by atoms with Crippen molar-refractivity contribution in [3.05, 3.63) is 83.5 Å². The largest absolute Gasteiger partial charge is 0.433 e. The Labute approximate surface area is 202 Å². The van der Waals surface area contributed by atoms with Gasteiger partial charge in [0.25, 0.3) is 5.91 Å². The lowest BCUT2D eigenvalue weighted by Crippen LogP contribution is -2.41. The van der Waals surface area contributed by atoms with Gasteiger partial charge in [-0.2, -0.15) is 23.4 Å². The molecule has 0 unspecified atom stereocenters. The smallest absolute Gasteiger partial charge is 0.376 e. The molecule has 0 bridgehead atoms. The number of carbonyl (C=O) groups is 1. The van der Waals surface area contributed by atoms with Gasteiger partial charge >= 0.3 is 6.18 Å². The van der Waals surface area contributed by atoms with Crippen molar-refractivity contribution < 1.29 is 18.0 Å². The topological polar surface area (TPSA) is 86.8 Å². The van der Waals surface area contributed by atoms with Crippen LogP contribution in [0.4, 0.5) is 18.9 Å². The van der Waals surface area contributed by atoms with Crippen molar-refractivity contribution in [3.63, 3.8) is 0 Å². The van der Waals surface area contributed by atoms with E-state index in [0.717, 1.165) is 22.0 Å². The molecule has 0 aromatic carbocycles. The predicted molar refractivity (Wildman–Crippen MR) is 125 cm³/mol. The SMILES string of the molecule is CN(C)c1ccc2c(C(=O)N3CCc4[nH]cnc4[C@@H]3c3cc4cccc(C(F)(F)F)n4n3)cnn2c1. The number of pyridine rings is 2. The fraction of sp³-hybridized carbons (Fsp3) is 0.250. The average Bonchev–Trinajstić information content (AvgIpc) is 3.59. The quantitative estimate of drug-likeness (QED) is 0.414. The van der Waals surface area contributed by atoms with Gasteiger partial charge in [0.2, 0.25) is 0 Å². The third-order valence-corrected chi connectivity index (χ3v) is 6.51. The number of halogens is 3. The van der Waals surface area contributed by atoms with E-state index >= 15 is 0 Å². The summed E-state index contributed by atoms with van der Waals surface area (Å²) >= 11 is 0. The lowest BCUT2D eigenvalue weighted by Gasteiger charge is -2.33. The van der Waals surface area contributed by atoms with Crippen molar-refractivity contribution in [1.82, 2.24) is 34.1 Å².